The summed E-state index contributed by atoms with van der Waals surface area (Å²) < 4.78 is 82.1. The van der Waals surface area contributed by atoms with Crippen molar-refractivity contribution in [3.63, 3.8) is 0 Å². The lowest BCUT2D eigenvalue weighted by molar-refractivity contribution is -0.127. The van der Waals surface area contributed by atoms with Gasteiger partial charge in [0.1, 0.15) is 6.04 Å². The number of nitrogens with one attached hydrogen (secondary N) is 2. The first kappa shape index (κ1) is 37.4. The summed E-state index contributed by atoms with van der Waals surface area (Å²) in [6, 6.07) is 17.4. The third-order valence-electron chi connectivity index (χ3n) is 6.71. The van der Waals surface area contributed by atoms with E-state index in [0.717, 1.165) is 0 Å². The van der Waals surface area contributed by atoms with E-state index in [1.165, 1.54) is 78.9 Å². The highest BCUT2D eigenvalue weighted by atomic mass is 32.2. The van der Waals surface area contributed by atoms with Crippen LogP contribution in [0, 0.1) is 0 Å². The maximum atomic E-state index is 13.8. The fourth-order valence-corrected chi connectivity index (χ4v) is 8.77. The summed E-state index contributed by atoms with van der Waals surface area (Å²) in [6.07, 6.45) is -1.53. The molecule has 0 aliphatic heterocycles. The first-order valence-corrected chi connectivity index (χ1v) is 18.7. The maximum Gasteiger partial charge on any atom is 0.249 e. The second kappa shape index (κ2) is 16.2. The van der Waals surface area contributed by atoms with E-state index in [1.54, 1.807) is 6.07 Å². The van der Waals surface area contributed by atoms with E-state index < -0.39 is 97.3 Å². The number of hydrogen-bond acceptors (Lipinski definition) is 11. The monoisotopic (exact) mass is 709 g/mol. The molecule has 0 aliphatic carbocycles. The van der Waals surface area contributed by atoms with Crippen molar-refractivity contribution >= 4 is 47.5 Å². The van der Waals surface area contributed by atoms with Crippen LogP contribution in [0.15, 0.2) is 94.7 Å². The number of sulfone groups is 1. The van der Waals surface area contributed by atoms with E-state index in [-0.39, 0.29) is 20.9 Å². The molecule has 3 aromatic rings. The van der Waals surface area contributed by atoms with Crippen LogP contribution in [-0.4, -0.2) is 96.3 Å². The smallest absolute Gasteiger partial charge is 0.249 e. The van der Waals surface area contributed by atoms with Gasteiger partial charge >= 0.3 is 0 Å². The van der Waals surface area contributed by atoms with Gasteiger partial charge in [-0.2, -0.15) is 4.31 Å². The standard InChI is InChI=1S/C29H35N5O10S3/c30-15-22(35)18-34(47(43,44)25-12-5-2-6-13-25)27(20-45(39,40)19-21-9-7-8-14-26(21)28(31)37)29(38)32-16-23(36)17-33-46(41,42)24-10-3-1-4-11-24/h1-14,22,27,33,35H,15-20,30H2,(H2,31,37)(H,32,38). The summed E-state index contributed by atoms with van der Waals surface area (Å²) in [5.74, 6) is -4.95. The number of aliphatic hydroxyl groups excluding tert-OH is 1. The van der Waals surface area contributed by atoms with Gasteiger partial charge in [-0.3, -0.25) is 14.4 Å². The second-order valence-corrected chi connectivity index (χ2v) is 16.0. The summed E-state index contributed by atoms with van der Waals surface area (Å²) >= 11 is 0. The first-order chi connectivity index (χ1) is 22.1. The predicted molar refractivity (Wildman–Crippen MR) is 171 cm³/mol. The molecule has 2 amide bonds. The number of carbonyl (C=O) groups excluding carboxylic acids is 3. The molecule has 0 aliphatic rings. The van der Waals surface area contributed by atoms with Crippen molar-refractivity contribution in [2.45, 2.75) is 27.7 Å². The normalized spacial score (nSPS) is 13.5. The third-order valence-corrected chi connectivity index (χ3v) is 11.6. The summed E-state index contributed by atoms with van der Waals surface area (Å²) in [5.41, 5.74) is 10.8. The van der Waals surface area contributed by atoms with Crippen molar-refractivity contribution in [3.05, 3.63) is 96.1 Å². The molecule has 18 heteroatoms. The van der Waals surface area contributed by atoms with Gasteiger partial charge in [0.25, 0.3) is 0 Å². The zero-order valence-electron chi connectivity index (χ0n) is 24.9. The van der Waals surface area contributed by atoms with E-state index >= 15 is 0 Å². The summed E-state index contributed by atoms with van der Waals surface area (Å²) in [4.78, 5) is 37.7. The van der Waals surface area contributed by atoms with Gasteiger partial charge in [-0.1, -0.05) is 54.6 Å². The van der Waals surface area contributed by atoms with Crippen molar-refractivity contribution < 1.29 is 44.7 Å². The molecule has 2 unspecified atom stereocenters. The average molecular weight is 710 g/mol. The molecule has 0 saturated heterocycles. The summed E-state index contributed by atoms with van der Waals surface area (Å²) in [5, 5.41) is 12.6. The molecular formula is C29H35N5O10S3. The highest BCUT2D eigenvalue weighted by molar-refractivity contribution is 7.91. The minimum absolute atomic E-state index is 0.000467. The molecule has 0 fully saturated rings. The van der Waals surface area contributed by atoms with Gasteiger partial charge in [0.2, 0.25) is 31.9 Å². The highest BCUT2D eigenvalue weighted by Crippen LogP contribution is 2.22. The predicted octanol–water partition coefficient (Wildman–Crippen LogP) is -1.26. The molecule has 254 valence electrons. The fourth-order valence-electron chi connectivity index (χ4n) is 4.34. The second-order valence-electron chi connectivity index (χ2n) is 10.3. The van der Waals surface area contributed by atoms with Crippen LogP contribution in [0.4, 0.5) is 0 Å². The van der Waals surface area contributed by atoms with Crippen molar-refractivity contribution in [1.29, 1.82) is 0 Å². The number of benzene rings is 3. The Bertz CT molecular complexity index is 1890. The number of rotatable bonds is 18. The number of Topliss-reactive ketones (excluding diaryl/α,β-unsaturated/α-hetero) is 1. The van der Waals surface area contributed by atoms with E-state index in [1.807, 2.05) is 0 Å². The van der Waals surface area contributed by atoms with Gasteiger partial charge in [0, 0.05) is 18.7 Å². The number of nitrogens with two attached hydrogens (primary N) is 2. The van der Waals surface area contributed by atoms with Crippen LogP contribution in [0.2, 0.25) is 0 Å². The van der Waals surface area contributed by atoms with Crippen LogP contribution in [-0.2, 0) is 45.2 Å². The Morgan fingerprint density at radius 3 is 1.91 bits per heavy atom. The minimum Gasteiger partial charge on any atom is -0.390 e. The molecule has 15 nitrogen and oxygen atoms in total. The molecule has 0 aromatic heterocycles. The van der Waals surface area contributed by atoms with Crippen LogP contribution >= 0.6 is 0 Å². The molecule has 0 radical (unpaired) electrons. The number of hydrogen-bond donors (Lipinski definition) is 5. The van der Waals surface area contributed by atoms with Crippen molar-refractivity contribution in [3.8, 4) is 0 Å². The van der Waals surface area contributed by atoms with Gasteiger partial charge < -0.3 is 21.9 Å². The molecule has 3 rings (SSSR count). The maximum absolute atomic E-state index is 13.8. The summed E-state index contributed by atoms with van der Waals surface area (Å²) in [7, 11) is -13.2. The zero-order chi connectivity index (χ0) is 34.8. The largest absolute Gasteiger partial charge is 0.390 e. The molecule has 2 atom stereocenters. The fraction of sp³-hybridized carbons (Fsp3) is 0.276. The third kappa shape index (κ3) is 10.5. The van der Waals surface area contributed by atoms with E-state index in [9.17, 15) is 44.7 Å². The van der Waals surface area contributed by atoms with Gasteiger partial charge in [-0.15, -0.1) is 0 Å². The topological polar surface area (TPSA) is 253 Å². The Morgan fingerprint density at radius 1 is 0.787 bits per heavy atom. The van der Waals surface area contributed by atoms with E-state index in [2.05, 4.69) is 10.0 Å². The van der Waals surface area contributed by atoms with Gasteiger partial charge in [0.05, 0.1) is 40.5 Å². The van der Waals surface area contributed by atoms with Crippen LogP contribution in [0.3, 0.4) is 0 Å². The lowest BCUT2D eigenvalue weighted by Gasteiger charge is -2.31. The van der Waals surface area contributed by atoms with Crippen LogP contribution in [0.25, 0.3) is 0 Å². The van der Waals surface area contributed by atoms with Crippen molar-refractivity contribution in [2.24, 2.45) is 11.5 Å². The SMILES string of the molecule is NCC(O)CN(C(CS(=O)(=O)Cc1ccccc1C(N)=O)C(=O)NCC(=O)CNS(=O)(=O)c1ccccc1)S(=O)(=O)c1ccccc1. The Balaban J connectivity index is 1.94. The van der Waals surface area contributed by atoms with E-state index in [4.69, 9.17) is 11.5 Å². The lowest BCUT2D eigenvalue weighted by atomic mass is 10.1. The number of aliphatic hydroxyl groups is 1. The molecule has 3 aromatic carbocycles. The zero-order valence-corrected chi connectivity index (χ0v) is 27.4. The average Bonchev–Trinajstić information content (AvgIpc) is 3.04. The van der Waals surface area contributed by atoms with Crippen LogP contribution in [0.1, 0.15) is 15.9 Å². The molecule has 0 bridgehead atoms. The van der Waals surface area contributed by atoms with Crippen LogP contribution in [0.5, 0.6) is 0 Å². The number of ketones is 1. The number of sulfonamides is 2. The number of primary amides is 1. The first-order valence-electron chi connectivity index (χ1n) is 13.9. The molecular weight excluding hydrogens is 675 g/mol. The summed E-state index contributed by atoms with van der Waals surface area (Å²) in [6.45, 7) is -2.81. The Labute approximate surface area is 273 Å². The molecule has 47 heavy (non-hydrogen) atoms. The number of carbonyl (C=O) groups is 3. The van der Waals surface area contributed by atoms with Gasteiger partial charge in [0.15, 0.2) is 15.6 Å². The lowest BCUT2D eigenvalue weighted by Crippen LogP contribution is -2.56. The van der Waals surface area contributed by atoms with Gasteiger partial charge in [-0.25, -0.2) is 30.0 Å². The number of nitrogens with zero attached hydrogens (tertiary/aromatic N) is 1. The molecule has 7 N–H and O–H groups in total. The Kier molecular flexibility index (Phi) is 12.9. The Morgan fingerprint density at radius 2 is 1.34 bits per heavy atom. The van der Waals surface area contributed by atoms with Crippen LogP contribution < -0.4 is 21.5 Å². The Hall–Kier alpha value is -4.04. The minimum atomic E-state index is -4.67. The van der Waals surface area contributed by atoms with E-state index in [0.29, 0.717) is 4.31 Å². The van der Waals surface area contributed by atoms with Gasteiger partial charge in [-0.05, 0) is 35.9 Å². The van der Waals surface area contributed by atoms with Crippen molar-refractivity contribution in [1.82, 2.24) is 14.3 Å². The highest BCUT2D eigenvalue weighted by Gasteiger charge is 2.40. The molecule has 0 spiro atoms. The number of amides is 2. The van der Waals surface area contributed by atoms with Crippen molar-refractivity contribution in [2.75, 3.05) is 31.9 Å². The quantitative estimate of drug-likeness (QED) is 0.104. The molecule has 0 saturated carbocycles. The molecule has 0 heterocycles.